The van der Waals surface area contributed by atoms with Crippen molar-refractivity contribution in [3.8, 4) is 11.1 Å². The van der Waals surface area contributed by atoms with Crippen LogP contribution in [0.15, 0.2) is 36.4 Å². The maximum Gasteiger partial charge on any atom is 0.336 e. The van der Waals surface area contributed by atoms with Gasteiger partial charge in [-0.25, -0.2) is 4.79 Å². The standard InChI is InChI=1S/C17H16O2/c1-11-5-8-15(17(18)19)16(9-11)14-7-6-12-3-2-4-13(12)10-14/h5-10H,2-4H2,1H3,(H,18,19). The molecule has 1 N–H and O–H groups in total. The molecule has 2 aromatic carbocycles. The van der Waals surface area contributed by atoms with Crippen LogP contribution in [0.4, 0.5) is 0 Å². The highest BCUT2D eigenvalue weighted by atomic mass is 16.4. The first-order valence-corrected chi connectivity index (χ1v) is 6.61. The number of hydrogen-bond acceptors (Lipinski definition) is 1. The predicted octanol–water partition coefficient (Wildman–Crippen LogP) is 3.85. The van der Waals surface area contributed by atoms with Gasteiger partial charge < -0.3 is 5.11 Å². The lowest BCUT2D eigenvalue weighted by Crippen LogP contribution is -2.00. The number of hydrogen-bond donors (Lipinski definition) is 1. The van der Waals surface area contributed by atoms with Gasteiger partial charge in [-0.2, -0.15) is 0 Å². The largest absolute Gasteiger partial charge is 0.478 e. The molecule has 2 aromatic rings. The lowest BCUT2D eigenvalue weighted by atomic mass is 9.95. The van der Waals surface area contributed by atoms with Crippen LogP contribution in [-0.2, 0) is 12.8 Å². The minimum Gasteiger partial charge on any atom is -0.478 e. The van der Waals surface area contributed by atoms with Crippen LogP contribution in [0.25, 0.3) is 11.1 Å². The summed E-state index contributed by atoms with van der Waals surface area (Å²) < 4.78 is 0. The molecule has 0 aromatic heterocycles. The van der Waals surface area contributed by atoms with E-state index in [1.54, 1.807) is 6.07 Å². The van der Waals surface area contributed by atoms with Crippen molar-refractivity contribution in [2.75, 3.05) is 0 Å². The second-order valence-electron chi connectivity index (χ2n) is 5.19. The highest BCUT2D eigenvalue weighted by molar-refractivity contribution is 5.96. The van der Waals surface area contributed by atoms with Crippen molar-refractivity contribution >= 4 is 5.97 Å². The van der Waals surface area contributed by atoms with E-state index in [0.717, 1.165) is 29.5 Å². The lowest BCUT2D eigenvalue weighted by molar-refractivity contribution is 0.0697. The summed E-state index contributed by atoms with van der Waals surface area (Å²) >= 11 is 0. The molecule has 2 heteroatoms. The fourth-order valence-corrected chi connectivity index (χ4v) is 2.82. The Morgan fingerprint density at radius 1 is 1.05 bits per heavy atom. The molecule has 0 unspecified atom stereocenters. The zero-order valence-electron chi connectivity index (χ0n) is 10.9. The van der Waals surface area contributed by atoms with Gasteiger partial charge in [-0.15, -0.1) is 0 Å². The Morgan fingerprint density at radius 2 is 1.84 bits per heavy atom. The summed E-state index contributed by atoms with van der Waals surface area (Å²) in [5.74, 6) is -0.865. The van der Waals surface area contributed by atoms with Gasteiger partial charge in [0.2, 0.25) is 0 Å². The number of rotatable bonds is 2. The minimum absolute atomic E-state index is 0.378. The summed E-state index contributed by atoms with van der Waals surface area (Å²) in [6.07, 6.45) is 3.46. The van der Waals surface area contributed by atoms with Gasteiger partial charge in [0.15, 0.2) is 0 Å². The first kappa shape index (κ1) is 12.0. The number of carboxylic acids is 1. The summed E-state index contributed by atoms with van der Waals surface area (Å²) in [6, 6.07) is 11.8. The molecule has 2 nitrogen and oxygen atoms in total. The first-order chi connectivity index (χ1) is 9.15. The maximum absolute atomic E-state index is 11.3. The molecule has 1 aliphatic carbocycles. The van der Waals surface area contributed by atoms with Crippen LogP contribution in [0.2, 0.25) is 0 Å². The number of fused-ring (bicyclic) bond motifs is 1. The Kier molecular flexibility index (Phi) is 2.86. The summed E-state index contributed by atoms with van der Waals surface area (Å²) in [5, 5.41) is 9.31. The van der Waals surface area contributed by atoms with E-state index >= 15 is 0 Å². The molecule has 1 aliphatic rings. The number of aromatic carboxylic acids is 1. The number of carboxylic acid groups (broad SMARTS) is 1. The number of aryl methyl sites for hydroxylation is 3. The van der Waals surface area contributed by atoms with Crippen molar-refractivity contribution < 1.29 is 9.90 Å². The third-order valence-corrected chi connectivity index (χ3v) is 3.81. The third kappa shape index (κ3) is 2.14. The first-order valence-electron chi connectivity index (χ1n) is 6.61. The Hall–Kier alpha value is -2.09. The molecule has 0 amide bonds. The van der Waals surface area contributed by atoms with Crippen LogP contribution in [-0.4, -0.2) is 11.1 Å². The van der Waals surface area contributed by atoms with Gasteiger partial charge >= 0.3 is 5.97 Å². The molecule has 0 radical (unpaired) electrons. The molecular weight excluding hydrogens is 236 g/mol. The maximum atomic E-state index is 11.3. The Labute approximate surface area is 112 Å². The lowest BCUT2D eigenvalue weighted by Gasteiger charge is -2.09. The average molecular weight is 252 g/mol. The molecule has 0 aliphatic heterocycles. The van der Waals surface area contributed by atoms with Crippen molar-refractivity contribution in [2.24, 2.45) is 0 Å². The van der Waals surface area contributed by atoms with Crippen LogP contribution in [0.5, 0.6) is 0 Å². The molecule has 96 valence electrons. The zero-order chi connectivity index (χ0) is 13.4. The molecule has 0 heterocycles. The van der Waals surface area contributed by atoms with Crippen molar-refractivity contribution in [2.45, 2.75) is 26.2 Å². The van der Waals surface area contributed by atoms with Gasteiger partial charge in [-0.05, 0) is 54.5 Å². The predicted molar refractivity (Wildman–Crippen MR) is 75.6 cm³/mol. The highest BCUT2D eigenvalue weighted by Gasteiger charge is 2.15. The van der Waals surface area contributed by atoms with Crippen LogP contribution in [0.3, 0.4) is 0 Å². The quantitative estimate of drug-likeness (QED) is 0.881. The summed E-state index contributed by atoms with van der Waals surface area (Å²) in [4.78, 5) is 11.3. The summed E-state index contributed by atoms with van der Waals surface area (Å²) in [6.45, 7) is 1.99. The topological polar surface area (TPSA) is 37.3 Å². The summed E-state index contributed by atoms with van der Waals surface area (Å²) in [7, 11) is 0. The monoisotopic (exact) mass is 252 g/mol. The molecule has 0 saturated carbocycles. The van der Waals surface area contributed by atoms with E-state index in [-0.39, 0.29) is 0 Å². The van der Waals surface area contributed by atoms with E-state index in [1.165, 1.54) is 17.5 Å². The van der Waals surface area contributed by atoms with Crippen LogP contribution in [0.1, 0.15) is 33.5 Å². The summed E-state index contributed by atoms with van der Waals surface area (Å²) in [5.41, 5.74) is 6.08. The van der Waals surface area contributed by atoms with E-state index in [1.807, 2.05) is 25.1 Å². The molecule has 0 bridgehead atoms. The average Bonchev–Trinajstić information content (AvgIpc) is 2.85. The smallest absolute Gasteiger partial charge is 0.336 e. The molecule has 0 atom stereocenters. The minimum atomic E-state index is -0.865. The van der Waals surface area contributed by atoms with Crippen LogP contribution in [0, 0.1) is 6.92 Å². The van der Waals surface area contributed by atoms with Crippen molar-refractivity contribution in [1.29, 1.82) is 0 Å². The van der Waals surface area contributed by atoms with E-state index in [2.05, 4.69) is 12.1 Å². The van der Waals surface area contributed by atoms with Crippen molar-refractivity contribution in [1.82, 2.24) is 0 Å². The van der Waals surface area contributed by atoms with Gasteiger partial charge in [-0.1, -0.05) is 35.9 Å². The molecule has 0 saturated heterocycles. The molecule has 0 fully saturated rings. The van der Waals surface area contributed by atoms with Crippen molar-refractivity contribution in [3.05, 3.63) is 58.7 Å². The van der Waals surface area contributed by atoms with E-state index < -0.39 is 5.97 Å². The molecule has 3 rings (SSSR count). The molecule has 19 heavy (non-hydrogen) atoms. The van der Waals surface area contributed by atoms with Gasteiger partial charge in [0.1, 0.15) is 0 Å². The Balaban J connectivity index is 2.16. The van der Waals surface area contributed by atoms with Gasteiger partial charge in [-0.3, -0.25) is 0 Å². The number of benzene rings is 2. The normalized spacial score (nSPS) is 13.3. The Bertz CT molecular complexity index is 656. The fourth-order valence-electron chi connectivity index (χ4n) is 2.82. The Morgan fingerprint density at radius 3 is 2.63 bits per heavy atom. The molecular formula is C17H16O2. The van der Waals surface area contributed by atoms with Gasteiger partial charge in [0.05, 0.1) is 5.56 Å². The van der Waals surface area contributed by atoms with Crippen molar-refractivity contribution in [3.63, 3.8) is 0 Å². The second-order valence-corrected chi connectivity index (χ2v) is 5.19. The van der Waals surface area contributed by atoms with Crippen LogP contribution >= 0.6 is 0 Å². The number of carbonyl (C=O) groups is 1. The second kappa shape index (κ2) is 4.54. The third-order valence-electron chi connectivity index (χ3n) is 3.81. The van der Waals surface area contributed by atoms with E-state index in [0.29, 0.717) is 5.56 Å². The van der Waals surface area contributed by atoms with Gasteiger partial charge in [0.25, 0.3) is 0 Å². The van der Waals surface area contributed by atoms with Gasteiger partial charge in [0, 0.05) is 0 Å². The van der Waals surface area contributed by atoms with E-state index in [9.17, 15) is 9.90 Å². The zero-order valence-corrected chi connectivity index (χ0v) is 10.9. The van der Waals surface area contributed by atoms with E-state index in [4.69, 9.17) is 0 Å². The molecule has 0 spiro atoms. The SMILES string of the molecule is Cc1ccc(C(=O)O)c(-c2ccc3c(c2)CCC3)c1. The fraction of sp³-hybridized carbons (Fsp3) is 0.235. The highest BCUT2D eigenvalue weighted by Crippen LogP contribution is 2.30. The van der Waals surface area contributed by atoms with Crippen LogP contribution < -0.4 is 0 Å².